The number of cyclic esters (lactones) is 1. The van der Waals surface area contributed by atoms with Gasteiger partial charge in [0.15, 0.2) is 6.29 Å². The molecular formula is C36H54O10. The first-order chi connectivity index (χ1) is 21.6. The Kier molecular flexibility index (Phi) is 7.68. The van der Waals surface area contributed by atoms with Crippen LogP contribution in [0.4, 0.5) is 0 Å². The van der Waals surface area contributed by atoms with Crippen molar-refractivity contribution in [3.63, 3.8) is 0 Å². The molecular weight excluding hydrogens is 592 g/mol. The highest BCUT2D eigenvalue weighted by Gasteiger charge is 2.83. The summed E-state index contributed by atoms with van der Waals surface area (Å²) in [6.45, 7) is 10.3. The fourth-order valence-electron chi connectivity index (χ4n) is 13.0. The number of fused-ring (bicyclic) bond motifs is 2. The van der Waals surface area contributed by atoms with Crippen LogP contribution in [-0.4, -0.2) is 87.0 Å². The smallest absolute Gasteiger partial charge is 0.333 e. The molecule has 5 N–H and O–H groups in total. The first-order valence-corrected chi connectivity index (χ1v) is 17.7. The van der Waals surface area contributed by atoms with Crippen molar-refractivity contribution in [3.05, 3.63) is 11.6 Å². The van der Waals surface area contributed by atoms with Crippen molar-refractivity contribution in [2.45, 2.75) is 142 Å². The van der Waals surface area contributed by atoms with Crippen molar-refractivity contribution in [1.29, 1.82) is 0 Å². The van der Waals surface area contributed by atoms with Crippen LogP contribution in [0, 0.1) is 50.7 Å². The number of rotatable bonds is 6. The molecule has 1 saturated heterocycles. The van der Waals surface area contributed by atoms with Gasteiger partial charge < -0.3 is 39.7 Å². The molecule has 2 spiro atoms. The molecule has 0 radical (unpaired) electrons. The third kappa shape index (κ3) is 4.09. The molecule has 7 rings (SSSR count). The molecule has 258 valence electrons. The molecule has 6 fully saturated rings. The lowest BCUT2D eigenvalue weighted by atomic mass is 9.41. The number of carboxylic acids is 1. The van der Waals surface area contributed by atoms with E-state index in [-0.39, 0.29) is 45.6 Å². The second kappa shape index (κ2) is 10.7. The van der Waals surface area contributed by atoms with Crippen molar-refractivity contribution in [2.75, 3.05) is 6.61 Å². The van der Waals surface area contributed by atoms with E-state index in [1.54, 1.807) is 6.92 Å². The molecule has 0 amide bonds. The number of aliphatic hydroxyl groups excluding tert-OH is 4. The van der Waals surface area contributed by atoms with Gasteiger partial charge in [-0.3, -0.25) is 4.79 Å². The summed E-state index contributed by atoms with van der Waals surface area (Å²) in [5.41, 5.74) is -0.273. The number of carbonyl (C=O) groups is 2. The summed E-state index contributed by atoms with van der Waals surface area (Å²) in [6, 6.07) is 0. The number of aliphatic hydroxyl groups is 4. The normalized spacial score (nSPS) is 55.2. The van der Waals surface area contributed by atoms with Gasteiger partial charge in [0.2, 0.25) is 0 Å². The number of hydrogen-bond acceptors (Lipinski definition) is 9. The van der Waals surface area contributed by atoms with Gasteiger partial charge in [-0.1, -0.05) is 26.8 Å². The number of carboxylic acid groups (broad SMARTS) is 1. The maximum absolute atomic E-state index is 13.3. The summed E-state index contributed by atoms with van der Waals surface area (Å²) in [7, 11) is 0. The first-order valence-electron chi connectivity index (χ1n) is 17.7. The molecule has 10 nitrogen and oxygen atoms in total. The molecule has 0 aromatic heterocycles. The molecule has 2 aliphatic heterocycles. The average Bonchev–Trinajstić information content (AvgIpc) is 3.61. The Morgan fingerprint density at radius 3 is 2.33 bits per heavy atom. The van der Waals surface area contributed by atoms with Crippen molar-refractivity contribution in [1.82, 2.24) is 0 Å². The van der Waals surface area contributed by atoms with Gasteiger partial charge >= 0.3 is 11.9 Å². The summed E-state index contributed by atoms with van der Waals surface area (Å²) in [4.78, 5) is 25.7. The van der Waals surface area contributed by atoms with Crippen LogP contribution >= 0.6 is 0 Å². The van der Waals surface area contributed by atoms with Gasteiger partial charge in [0.25, 0.3) is 0 Å². The van der Waals surface area contributed by atoms with Crippen LogP contribution in [0.1, 0.15) is 98.8 Å². The maximum Gasteiger partial charge on any atom is 0.333 e. The van der Waals surface area contributed by atoms with Gasteiger partial charge in [-0.05, 0) is 117 Å². The second-order valence-electron chi connectivity index (χ2n) is 17.0. The minimum atomic E-state index is -1.58. The van der Waals surface area contributed by atoms with E-state index in [1.165, 1.54) is 0 Å². The zero-order valence-corrected chi connectivity index (χ0v) is 28.0. The van der Waals surface area contributed by atoms with Gasteiger partial charge in [0.1, 0.15) is 30.5 Å². The van der Waals surface area contributed by atoms with Crippen LogP contribution in [0.15, 0.2) is 11.6 Å². The molecule has 0 bridgehead atoms. The van der Waals surface area contributed by atoms with Gasteiger partial charge in [-0.2, -0.15) is 0 Å². The van der Waals surface area contributed by atoms with Crippen molar-refractivity contribution < 1.29 is 49.3 Å². The van der Waals surface area contributed by atoms with E-state index >= 15 is 0 Å². The quantitative estimate of drug-likeness (QED) is 0.213. The van der Waals surface area contributed by atoms with Crippen LogP contribution in [0.5, 0.6) is 0 Å². The SMILES string of the molecule is CC1=CC[C@@H]([C@@H](C)[C@@H]2CC[C@@]3(C)[C@@H]4CC[C@H]5[C@](C)(C(=O)O)[C@@H](O[C@H]6O[C@H](CO)[C@@H](O)[C@H](O)[C@H]6O)CC[C@@]56C[C@@]46CC[C@]23C)OC1=O. The van der Waals surface area contributed by atoms with E-state index in [2.05, 4.69) is 20.8 Å². The summed E-state index contributed by atoms with van der Waals surface area (Å²) in [5.74, 6) is 0.0206. The van der Waals surface area contributed by atoms with E-state index in [4.69, 9.17) is 14.2 Å². The highest BCUT2D eigenvalue weighted by Crippen LogP contribution is 2.89. The third-order valence-electron chi connectivity index (χ3n) is 15.8. The Bertz CT molecular complexity index is 1300. The fraction of sp³-hybridized carbons (Fsp3) is 0.889. The zero-order valence-electron chi connectivity index (χ0n) is 28.0. The Hall–Kier alpha value is -1.56. The standard InChI is InChI=1S/C36H54O10/c1-18-6-7-21(44-29(18)41)19(2)20-10-12-33(4)23-8-9-24-34(5,31(42)43)25(46-30-28(40)27(39)26(38)22(16-37)45-30)11-13-35(24)17-36(23,35)15-14-32(20,33)3/h6,19-28,30,37-40H,7-17H2,1-5H3,(H,42,43)/t19-,20-,21-,22+,23-,24-,25-,26+,27-,28+,30+,32+,33-,34-,35+,36-/m0/s1. The molecule has 5 saturated carbocycles. The molecule has 7 aliphatic rings. The summed E-state index contributed by atoms with van der Waals surface area (Å²) in [6.07, 6.45) is 3.43. The topological polar surface area (TPSA) is 163 Å². The lowest BCUT2D eigenvalue weighted by molar-refractivity contribution is -0.326. The van der Waals surface area contributed by atoms with Crippen LogP contribution in [0.3, 0.4) is 0 Å². The second-order valence-corrected chi connectivity index (χ2v) is 17.0. The molecule has 46 heavy (non-hydrogen) atoms. The van der Waals surface area contributed by atoms with Crippen molar-refractivity contribution in [3.8, 4) is 0 Å². The molecule has 0 aromatic carbocycles. The lowest BCUT2D eigenvalue weighted by Crippen LogP contribution is -2.63. The lowest BCUT2D eigenvalue weighted by Gasteiger charge is -2.63. The Morgan fingerprint density at radius 2 is 1.65 bits per heavy atom. The average molecular weight is 647 g/mol. The van der Waals surface area contributed by atoms with E-state index in [0.29, 0.717) is 23.8 Å². The van der Waals surface area contributed by atoms with Gasteiger partial charge in [0.05, 0.1) is 18.1 Å². The summed E-state index contributed by atoms with van der Waals surface area (Å²) >= 11 is 0. The molecule has 2 heterocycles. The Morgan fingerprint density at radius 1 is 0.957 bits per heavy atom. The van der Waals surface area contributed by atoms with Gasteiger partial charge in [-0.15, -0.1) is 0 Å². The number of ether oxygens (including phenoxy) is 3. The van der Waals surface area contributed by atoms with Crippen molar-refractivity contribution >= 4 is 11.9 Å². The first kappa shape index (κ1) is 33.0. The number of esters is 1. The highest BCUT2D eigenvalue weighted by molar-refractivity contribution is 5.88. The largest absolute Gasteiger partial charge is 0.481 e. The van der Waals surface area contributed by atoms with Gasteiger partial charge in [-0.25, -0.2) is 4.79 Å². The fourth-order valence-corrected chi connectivity index (χ4v) is 13.0. The number of carbonyl (C=O) groups excluding carboxylic acids is 1. The summed E-state index contributed by atoms with van der Waals surface area (Å²) in [5, 5.41) is 51.8. The van der Waals surface area contributed by atoms with E-state index in [9.17, 15) is 35.1 Å². The van der Waals surface area contributed by atoms with Crippen LogP contribution < -0.4 is 0 Å². The molecule has 5 aliphatic carbocycles. The predicted molar refractivity (Wildman–Crippen MR) is 165 cm³/mol. The van der Waals surface area contributed by atoms with E-state index < -0.39 is 54.8 Å². The zero-order chi connectivity index (χ0) is 33.2. The van der Waals surface area contributed by atoms with E-state index in [0.717, 1.165) is 57.8 Å². The van der Waals surface area contributed by atoms with Gasteiger partial charge in [0, 0.05) is 12.0 Å². The maximum atomic E-state index is 13.3. The molecule has 10 heteroatoms. The monoisotopic (exact) mass is 646 g/mol. The third-order valence-corrected chi connectivity index (χ3v) is 15.8. The predicted octanol–water partition coefficient (Wildman–Crippen LogP) is 3.57. The molecule has 16 atom stereocenters. The summed E-state index contributed by atoms with van der Waals surface area (Å²) < 4.78 is 17.9. The van der Waals surface area contributed by atoms with Crippen LogP contribution in [0.25, 0.3) is 0 Å². The minimum absolute atomic E-state index is 0.0758. The molecule has 0 aromatic rings. The van der Waals surface area contributed by atoms with Crippen LogP contribution in [-0.2, 0) is 23.8 Å². The number of aliphatic carboxylic acids is 1. The Labute approximate surface area is 271 Å². The van der Waals surface area contributed by atoms with E-state index in [1.807, 2.05) is 13.0 Å². The molecule has 0 unspecified atom stereocenters. The van der Waals surface area contributed by atoms with Crippen LogP contribution in [0.2, 0.25) is 0 Å². The minimum Gasteiger partial charge on any atom is -0.481 e. The van der Waals surface area contributed by atoms with Crippen molar-refractivity contribution in [2.24, 2.45) is 50.7 Å². The Balaban J connectivity index is 1.13. The highest BCUT2D eigenvalue weighted by atomic mass is 16.7. The number of hydrogen-bond donors (Lipinski definition) is 5.